The summed E-state index contributed by atoms with van der Waals surface area (Å²) in [6.45, 7) is 14.6. The predicted molar refractivity (Wildman–Crippen MR) is 324 cm³/mol. The number of hydrogen-bond acceptors (Lipinski definition) is 12. The normalized spacial score (nSPS) is 20.9. The van der Waals surface area contributed by atoms with Gasteiger partial charge in [-0.05, 0) is 147 Å². The van der Waals surface area contributed by atoms with Gasteiger partial charge in [0.05, 0.1) is 34.4 Å². The summed E-state index contributed by atoms with van der Waals surface area (Å²) >= 11 is 1.23. The van der Waals surface area contributed by atoms with Gasteiger partial charge in [0, 0.05) is 36.7 Å². The molecule has 9 rings (SSSR count). The average molecular weight is 1160 g/mol. The van der Waals surface area contributed by atoms with E-state index in [2.05, 4.69) is 54.7 Å². The summed E-state index contributed by atoms with van der Waals surface area (Å²) in [5.74, 6) is -3.08. The number of nitrogens with one attached hydrogen (secondary N) is 8. The highest BCUT2D eigenvalue weighted by Crippen LogP contribution is 2.35. The molecule has 2 aliphatic carbocycles. The molecule has 84 heavy (non-hydrogen) atoms. The van der Waals surface area contributed by atoms with Crippen LogP contribution >= 0.6 is 11.3 Å². The van der Waals surface area contributed by atoms with Gasteiger partial charge in [0.1, 0.15) is 24.2 Å². The number of nitrogens with zero attached hydrogens (tertiary/aromatic N) is 3. The number of anilines is 1. The van der Waals surface area contributed by atoms with E-state index in [1.807, 2.05) is 84.0 Å². The van der Waals surface area contributed by atoms with Gasteiger partial charge in [0.2, 0.25) is 35.4 Å². The topological polar surface area (TPSA) is 252 Å². The van der Waals surface area contributed by atoms with E-state index in [0.29, 0.717) is 21.3 Å². The zero-order valence-corrected chi connectivity index (χ0v) is 50.7. The van der Waals surface area contributed by atoms with Crippen LogP contribution in [0.25, 0.3) is 10.2 Å². The van der Waals surface area contributed by atoms with Gasteiger partial charge in [-0.2, -0.15) is 0 Å². The molecule has 0 saturated carbocycles. The number of likely N-dealkylation sites (tertiary alicyclic amines) is 1. The van der Waals surface area contributed by atoms with Crippen LogP contribution in [0, 0.1) is 10.8 Å². The third kappa shape index (κ3) is 13.5. The first kappa shape index (κ1) is 61.0. The number of benzene rings is 4. The van der Waals surface area contributed by atoms with Gasteiger partial charge >= 0.3 is 0 Å². The molecule has 446 valence electrons. The Morgan fingerprint density at radius 3 is 1.68 bits per heavy atom. The molecule has 3 heterocycles. The Hall–Kier alpha value is -7.55. The van der Waals surface area contributed by atoms with Crippen molar-refractivity contribution >= 4 is 73.9 Å². The summed E-state index contributed by atoms with van der Waals surface area (Å²) in [6.07, 6.45) is 5.46. The standard InChI is InChI=1S/C64H81N11O8S/c1-35(65-9)54(76)71-52(63(3,4)5)60(82)74-33-42-29-40(26-25-39(42)31-49(74)58(80)68-46-23-15-19-37-17-11-13-21-44(37)46)57(79)73-62-70-48-30-41(27-28-51(48)84-62)56(78)67-43-32-50(59(81)69-47-24-16-20-38-18-12-14-22-45(38)47)75(34-43)61(83)53(64(6,7)8)72-55(77)36(2)66-10/h11-14,17-18,21-22,25-30,35-36,43,46-47,49-50,52-53,65-66H,15-16,19-20,23-24,31-34H2,1-10H3,(H,67,78)(H,68,80)(H,69,81)(H,71,76)(H,72,77)(H,70,73,79)/t35-,36-,43-,46+,47+,49-,50-,52+,53?/m0/s1. The molecule has 0 bridgehead atoms. The third-order valence-corrected chi connectivity index (χ3v) is 18.1. The van der Waals surface area contributed by atoms with Gasteiger partial charge < -0.3 is 47.0 Å². The van der Waals surface area contributed by atoms with Crippen LogP contribution in [0.4, 0.5) is 5.13 Å². The average Bonchev–Trinajstić information content (AvgIpc) is 1.81. The first-order valence-electron chi connectivity index (χ1n) is 29.4. The minimum absolute atomic E-state index is 0.00906. The highest BCUT2D eigenvalue weighted by atomic mass is 32.1. The SMILES string of the molecule is CN[C@@H](C)C(=O)NC(C(=O)N1C[C@@H](NC(=O)c2ccc3sc(NC(=O)c4ccc5c(c4)CN(C(=O)[C@@H](NC(=O)[C@H](C)NC)C(C)(C)C)[C@H](C(=O)N[C@@H]4CCCc6ccccc64)C5)nc3c2)C[C@H]1C(=O)N[C@@H]1CCCc2ccccc21)C(C)(C)C. The van der Waals surface area contributed by atoms with E-state index in [-0.39, 0.29) is 72.3 Å². The smallest absolute Gasteiger partial charge is 0.257 e. The number of aryl methyl sites for hydroxylation is 2. The van der Waals surface area contributed by atoms with E-state index < -0.39 is 76.8 Å². The lowest BCUT2D eigenvalue weighted by molar-refractivity contribution is -0.147. The number of thiazole rings is 1. The number of amides is 8. The molecule has 1 aromatic heterocycles. The zero-order valence-electron chi connectivity index (χ0n) is 49.9. The molecule has 19 nitrogen and oxygen atoms in total. The van der Waals surface area contributed by atoms with Crippen LogP contribution in [0.5, 0.6) is 0 Å². The Kier molecular flexibility index (Phi) is 18.4. The Balaban J connectivity index is 0.913. The van der Waals surface area contributed by atoms with Gasteiger partial charge in [0.25, 0.3) is 11.8 Å². The Bertz CT molecular complexity index is 3350. The van der Waals surface area contributed by atoms with Crippen LogP contribution in [-0.4, -0.2) is 125 Å². The summed E-state index contributed by atoms with van der Waals surface area (Å²) in [4.78, 5) is 121. The van der Waals surface area contributed by atoms with Crippen molar-refractivity contribution in [2.24, 2.45) is 10.8 Å². The molecule has 1 fully saturated rings. The number of fused-ring (bicyclic) bond motifs is 4. The highest BCUT2D eigenvalue weighted by Gasteiger charge is 2.47. The third-order valence-electron chi connectivity index (χ3n) is 17.1. The van der Waals surface area contributed by atoms with E-state index in [4.69, 9.17) is 4.98 Å². The second kappa shape index (κ2) is 25.3. The van der Waals surface area contributed by atoms with Crippen LogP contribution in [0.2, 0.25) is 0 Å². The fourth-order valence-electron chi connectivity index (χ4n) is 12.0. The molecular weight excluding hydrogens is 1080 g/mol. The van der Waals surface area contributed by atoms with Gasteiger partial charge in [0.15, 0.2) is 5.13 Å². The van der Waals surface area contributed by atoms with Crippen LogP contribution in [0.15, 0.2) is 84.9 Å². The Labute approximate surface area is 496 Å². The minimum Gasteiger partial charge on any atom is -0.347 e. The second-order valence-electron chi connectivity index (χ2n) is 25.2. The van der Waals surface area contributed by atoms with Crippen molar-refractivity contribution in [2.75, 3.05) is 26.0 Å². The molecule has 4 aromatic carbocycles. The molecule has 0 radical (unpaired) electrons. The van der Waals surface area contributed by atoms with Crippen molar-refractivity contribution in [2.45, 2.75) is 168 Å². The van der Waals surface area contributed by atoms with E-state index >= 15 is 0 Å². The summed E-state index contributed by atoms with van der Waals surface area (Å²) < 4.78 is 0.702. The highest BCUT2D eigenvalue weighted by molar-refractivity contribution is 7.22. The maximum absolute atomic E-state index is 14.9. The molecule has 8 N–H and O–H groups in total. The summed E-state index contributed by atoms with van der Waals surface area (Å²) in [6, 6.07) is 20.4. The quantitative estimate of drug-likeness (QED) is 0.0555. The van der Waals surface area contributed by atoms with Crippen molar-refractivity contribution in [3.63, 3.8) is 0 Å². The number of carbonyl (C=O) groups excluding carboxylic acids is 8. The molecular formula is C64H81N11O8S. The minimum atomic E-state index is -0.981. The lowest BCUT2D eigenvalue weighted by Gasteiger charge is -2.42. The number of aromatic nitrogens is 1. The first-order chi connectivity index (χ1) is 39.9. The molecule has 9 atom stereocenters. The number of hydrogen-bond donors (Lipinski definition) is 8. The van der Waals surface area contributed by atoms with Crippen molar-refractivity contribution in [3.05, 3.63) is 129 Å². The molecule has 1 saturated heterocycles. The van der Waals surface area contributed by atoms with Crippen LogP contribution in [0.1, 0.15) is 154 Å². The van der Waals surface area contributed by atoms with E-state index in [9.17, 15) is 38.4 Å². The fourth-order valence-corrected chi connectivity index (χ4v) is 12.8. The monoisotopic (exact) mass is 1160 g/mol. The van der Waals surface area contributed by atoms with Crippen LogP contribution < -0.4 is 42.5 Å². The molecule has 1 unspecified atom stereocenters. The van der Waals surface area contributed by atoms with Crippen LogP contribution in [0.3, 0.4) is 0 Å². The number of carbonyl (C=O) groups is 8. The molecule has 4 aliphatic rings. The lowest BCUT2D eigenvalue weighted by atomic mass is 9.83. The van der Waals surface area contributed by atoms with Gasteiger partial charge in [-0.15, -0.1) is 0 Å². The maximum Gasteiger partial charge on any atom is 0.257 e. The molecule has 2 aliphatic heterocycles. The van der Waals surface area contributed by atoms with Crippen LogP contribution in [-0.2, 0) is 54.6 Å². The van der Waals surface area contributed by atoms with Crippen molar-refractivity contribution < 1.29 is 38.4 Å². The summed E-state index contributed by atoms with van der Waals surface area (Å²) in [5.41, 5.74) is 5.55. The maximum atomic E-state index is 14.9. The first-order valence-corrected chi connectivity index (χ1v) is 30.2. The van der Waals surface area contributed by atoms with Crippen molar-refractivity contribution in [1.82, 2.24) is 52.0 Å². The summed E-state index contributed by atoms with van der Waals surface area (Å²) in [5, 5.41) is 24.5. The molecule has 20 heteroatoms. The van der Waals surface area contributed by atoms with Gasteiger partial charge in [-0.3, -0.25) is 43.7 Å². The Morgan fingerprint density at radius 1 is 0.595 bits per heavy atom. The molecule has 5 aromatic rings. The van der Waals surface area contributed by atoms with E-state index in [1.54, 1.807) is 63.2 Å². The zero-order chi connectivity index (χ0) is 60.4. The predicted octanol–water partition coefficient (Wildman–Crippen LogP) is 6.17. The van der Waals surface area contributed by atoms with E-state index in [1.165, 1.54) is 27.4 Å². The number of rotatable bonds is 16. The molecule has 0 spiro atoms. The van der Waals surface area contributed by atoms with Gasteiger partial charge in [-0.1, -0.05) is 107 Å². The Morgan fingerprint density at radius 2 is 1.12 bits per heavy atom. The lowest BCUT2D eigenvalue weighted by Crippen LogP contribution is -2.62. The fraction of sp³-hybridized carbons (Fsp3) is 0.484. The van der Waals surface area contributed by atoms with Crippen molar-refractivity contribution in [1.29, 1.82) is 0 Å². The number of likely N-dealkylation sites (N-methyl/N-ethyl adjacent to an activating group) is 2. The summed E-state index contributed by atoms with van der Waals surface area (Å²) in [7, 11) is 3.33. The second-order valence-corrected chi connectivity index (χ2v) is 26.2. The molecule has 8 amide bonds. The van der Waals surface area contributed by atoms with Crippen molar-refractivity contribution in [3.8, 4) is 0 Å². The van der Waals surface area contributed by atoms with Gasteiger partial charge in [-0.25, -0.2) is 4.98 Å². The van der Waals surface area contributed by atoms with E-state index in [0.717, 1.165) is 55.2 Å². The largest absolute Gasteiger partial charge is 0.347 e.